The number of benzene rings is 2. The Morgan fingerprint density at radius 2 is 1.68 bits per heavy atom. The maximum Gasteiger partial charge on any atom is 0.407 e. The van der Waals surface area contributed by atoms with Crippen LogP contribution in [0.5, 0.6) is 0 Å². The molecule has 2 amide bonds. The fourth-order valence-electron chi connectivity index (χ4n) is 4.24. The molecular weight excluding hydrogens is 360 g/mol. The van der Waals surface area contributed by atoms with Crippen molar-refractivity contribution in [1.29, 1.82) is 0 Å². The van der Waals surface area contributed by atoms with Crippen LogP contribution in [0.4, 0.5) is 9.59 Å². The van der Waals surface area contributed by atoms with E-state index in [0.717, 1.165) is 27.2 Å². The quantitative estimate of drug-likeness (QED) is 0.755. The van der Waals surface area contributed by atoms with Crippen LogP contribution < -0.4 is 5.32 Å². The molecule has 146 valence electrons. The van der Waals surface area contributed by atoms with Gasteiger partial charge in [-0.05, 0) is 28.7 Å². The second-order valence-corrected chi connectivity index (χ2v) is 7.17. The van der Waals surface area contributed by atoms with E-state index in [1.54, 1.807) is 0 Å². The third kappa shape index (κ3) is 3.29. The Balaban J connectivity index is 1.40. The molecule has 7 heteroatoms. The van der Waals surface area contributed by atoms with Crippen LogP contribution >= 0.6 is 0 Å². The average molecular weight is 382 g/mol. The first-order valence-electron chi connectivity index (χ1n) is 9.30. The topological polar surface area (TPSA) is 99.1 Å². The van der Waals surface area contributed by atoms with E-state index in [2.05, 4.69) is 29.6 Å². The van der Waals surface area contributed by atoms with Gasteiger partial charge in [-0.3, -0.25) is 0 Å². The number of fused-ring (bicyclic) bond motifs is 3. The summed E-state index contributed by atoms with van der Waals surface area (Å²) in [6, 6.07) is 15.3. The molecule has 3 N–H and O–H groups in total. The molecule has 2 aromatic rings. The smallest absolute Gasteiger partial charge is 0.407 e. The zero-order valence-corrected chi connectivity index (χ0v) is 15.2. The van der Waals surface area contributed by atoms with Gasteiger partial charge in [0.05, 0.1) is 18.7 Å². The number of nitrogens with one attached hydrogen (secondary N) is 1. The molecule has 2 aromatic carbocycles. The SMILES string of the molecule is O=C(NC1CC(CO)N(C(=O)O)C1)OCC1c2ccccc2-c2ccccc21. The van der Waals surface area contributed by atoms with Gasteiger partial charge in [0, 0.05) is 12.5 Å². The lowest BCUT2D eigenvalue weighted by Gasteiger charge is -2.18. The van der Waals surface area contributed by atoms with Gasteiger partial charge in [0.1, 0.15) is 6.61 Å². The molecule has 4 rings (SSSR count). The minimum atomic E-state index is -1.10. The Bertz CT molecular complexity index is 854. The van der Waals surface area contributed by atoms with Gasteiger partial charge in [-0.25, -0.2) is 9.59 Å². The maximum atomic E-state index is 12.3. The van der Waals surface area contributed by atoms with Gasteiger partial charge in [-0.1, -0.05) is 48.5 Å². The first-order valence-corrected chi connectivity index (χ1v) is 9.30. The van der Waals surface area contributed by atoms with Crippen LogP contribution in [-0.4, -0.2) is 59.1 Å². The fourth-order valence-corrected chi connectivity index (χ4v) is 4.24. The van der Waals surface area contributed by atoms with E-state index in [1.807, 2.05) is 24.3 Å². The summed E-state index contributed by atoms with van der Waals surface area (Å²) >= 11 is 0. The first-order chi connectivity index (χ1) is 13.6. The van der Waals surface area contributed by atoms with Crippen LogP contribution in [-0.2, 0) is 4.74 Å². The zero-order valence-electron chi connectivity index (χ0n) is 15.2. The molecule has 2 atom stereocenters. The Kier molecular flexibility index (Phi) is 4.92. The Hall–Kier alpha value is -3.06. The molecule has 1 fully saturated rings. The average Bonchev–Trinajstić information content (AvgIpc) is 3.25. The second kappa shape index (κ2) is 7.52. The third-order valence-corrected chi connectivity index (χ3v) is 5.54. The second-order valence-electron chi connectivity index (χ2n) is 7.17. The normalized spacial score (nSPS) is 20.5. The fraction of sp³-hybridized carbons (Fsp3) is 0.333. The molecule has 0 bridgehead atoms. The zero-order chi connectivity index (χ0) is 19.7. The molecule has 7 nitrogen and oxygen atoms in total. The Labute approximate surface area is 162 Å². The lowest BCUT2D eigenvalue weighted by molar-refractivity contribution is 0.117. The summed E-state index contributed by atoms with van der Waals surface area (Å²) < 4.78 is 5.49. The van der Waals surface area contributed by atoms with Crippen LogP contribution in [0, 0.1) is 0 Å². The monoisotopic (exact) mass is 382 g/mol. The maximum absolute atomic E-state index is 12.3. The van der Waals surface area contributed by atoms with Crippen molar-refractivity contribution < 1.29 is 24.5 Å². The molecule has 2 aliphatic rings. The number of carbonyl (C=O) groups is 2. The number of rotatable bonds is 4. The predicted molar refractivity (Wildman–Crippen MR) is 102 cm³/mol. The Morgan fingerprint density at radius 1 is 1.07 bits per heavy atom. The number of aliphatic hydroxyl groups excluding tert-OH is 1. The number of carboxylic acid groups (broad SMARTS) is 1. The van der Waals surface area contributed by atoms with Crippen LogP contribution in [0.1, 0.15) is 23.5 Å². The molecule has 0 radical (unpaired) electrons. The van der Waals surface area contributed by atoms with Crippen molar-refractivity contribution >= 4 is 12.2 Å². The molecule has 0 aromatic heterocycles. The minimum absolute atomic E-state index is 0.0255. The van der Waals surface area contributed by atoms with Crippen molar-refractivity contribution in [2.45, 2.75) is 24.4 Å². The summed E-state index contributed by atoms with van der Waals surface area (Å²) in [5, 5.41) is 21.2. The van der Waals surface area contributed by atoms with Gasteiger partial charge in [-0.2, -0.15) is 0 Å². The van der Waals surface area contributed by atoms with Gasteiger partial charge in [-0.15, -0.1) is 0 Å². The summed E-state index contributed by atoms with van der Waals surface area (Å²) in [5.41, 5.74) is 4.58. The van der Waals surface area contributed by atoms with Gasteiger partial charge >= 0.3 is 12.2 Å². The number of hydrogen-bond acceptors (Lipinski definition) is 4. The highest BCUT2D eigenvalue weighted by Crippen LogP contribution is 2.44. The van der Waals surface area contributed by atoms with Crippen molar-refractivity contribution in [3.63, 3.8) is 0 Å². The van der Waals surface area contributed by atoms with E-state index in [9.17, 15) is 19.8 Å². The number of nitrogens with zero attached hydrogens (tertiary/aromatic N) is 1. The van der Waals surface area contributed by atoms with Gasteiger partial charge in [0.2, 0.25) is 0 Å². The van der Waals surface area contributed by atoms with Crippen LogP contribution in [0.15, 0.2) is 48.5 Å². The van der Waals surface area contributed by atoms with E-state index < -0.39 is 18.2 Å². The van der Waals surface area contributed by atoms with Gasteiger partial charge in [0.25, 0.3) is 0 Å². The summed E-state index contributed by atoms with van der Waals surface area (Å²) in [4.78, 5) is 24.6. The molecule has 1 aliphatic heterocycles. The van der Waals surface area contributed by atoms with Crippen LogP contribution in [0.25, 0.3) is 11.1 Å². The molecule has 2 unspecified atom stereocenters. The summed E-state index contributed by atoms with van der Waals surface area (Å²) in [5.74, 6) is -0.0255. The van der Waals surface area contributed by atoms with Gasteiger partial charge < -0.3 is 25.2 Å². The Morgan fingerprint density at radius 3 is 2.21 bits per heavy atom. The summed E-state index contributed by atoms with van der Waals surface area (Å²) in [6.07, 6.45) is -1.31. The van der Waals surface area contributed by atoms with E-state index >= 15 is 0 Å². The lowest BCUT2D eigenvalue weighted by Crippen LogP contribution is -2.39. The molecule has 1 aliphatic carbocycles. The van der Waals surface area contributed by atoms with E-state index in [-0.39, 0.29) is 31.7 Å². The van der Waals surface area contributed by atoms with Crippen LogP contribution in [0.2, 0.25) is 0 Å². The van der Waals surface area contributed by atoms with Gasteiger partial charge in [0.15, 0.2) is 0 Å². The first kappa shape index (κ1) is 18.3. The number of amides is 2. The molecule has 0 saturated carbocycles. The highest BCUT2D eigenvalue weighted by Gasteiger charge is 2.36. The summed E-state index contributed by atoms with van der Waals surface area (Å²) in [7, 11) is 0. The highest BCUT2D eigenvalue weighted by molar-refractivity contribution is 5.79. The lowest BCUT2D eigenvalue weighted by atomic mass is 9.98. The van der Waals surface area contributed by atoms with E-state index in [0.29, 0.717) is 6.42 Å². The largest absolute Gasteiger partial charge is 0.465 e. The van der Waals surface area contributed by atoms with Crippen LogP contribution in [0.3, 0.4) is 0 Å². The van der Waals surface area contributed by atoms with Crippen molar-refractivity contribution in [3.8, 4) is 11.1 Å². The van der Waals surface area contributed by atoms with Crippen molar-refractivity contribution in [1.82, 2.24) is 10.2 Å². The van der Waals surface area contributed by atoms with E-state index in [4.69, 9.17) is 4.74 Å². The number of alkyl carbamates (subject to hydrolysis) is 1. The highest BCUT2D eigenvalue weighted by atomic mass is 16.5. The molecule has 0 spiro atoms. The standard InChI is InChI=1S/C21H22N2O5/c24-11-14-9-13(10-23(14)21(26)27)22-20(25)28-12-19-17-7-3-1-5-15(17)16-6-2-4-8-18(16)19/h1-8,13-14,19,24H,9-12H2,(H,22,25)(H,26,27). The molecule has 1 heterocycles. The molecule has 1 saturated heterocycles. The number of likely N-dealkylation sites (tertiary alicyclic amines) is 1. The summed E-state index contributed by atoms with van der Waals surface area (Å²) in [6.45, 7) is 0.0819. The molecule has 28 heavy (non-hydrogen) atoms. The predicted octanol–water partition coefficient (Wildman–Crippen LogP) is 2.64. The minimum Gasteiger partial charge on any atom is -0.465 e. The van der Waals surface area contributed by atoms with Crippen molar-refractivity contribution in [2.75, 3.05) is 19.8 Å². The molecular formula is C21H22N2O5. The van der Waals surface area contributed by atoms with E-state index in [1.165, 1.54) is 0 Å². The van der Waals surface area contributed by atoms with Crippen molar-refractivity contribution in [2.24, 2.45) is 0 Å². The number of ether oxygens (including phenoxy) is 1. The number of aliphatic hydroxyl groups is 1. The van der Waals surface area contributed by atoms with Crippen molar-refractivity contribution in [3.05, 3.63) is 59.7 Å². The number of hydrogen-bond donors (Lipinski definition) is 3. The third-order valence-electron chi connectivity index (χ3n) is 5.54. The number of carbonyl (C=O) groups excluding carboxylic acids is 1.